The number of nitro groups is 1. The average Bonchev–Trinajstić information content (AvgIpc) is 2.83. The topological polar surface area (TPSA) is 84.7 Å². The molecular weight excluding hydrogens is 430 g/mol. The molecule has 4 rings (SSSR count). The van der Waals surface area contributed by atoms with Crippen LogP contribution in [0.3, 0.4) is 0 Å². The van der Waals surface area contributed by atoms with Gasteiger partial charge in [-0.05, 0) is 49.4 Å². The molecule has 2 aliphatic heterocycles. The van der Waals surface area contributed by atoms with Gasteiger partial charge in [0.15, 0.2) is 0 Å². The van der Waals surface area contributed by atoms with E-state index < -0.39 is 0 Å². The summed E-state index contributed by atoms with van der Waals surface area (Å²) < 4.78 is 5.58. The Morgan fingerprint density at radius 3 is 2.44 bits per heavy atom. The molecule has 0 saturated carbocycles. The zero-order chi connectivity index (χ0) is 22.6. The summed E-state index contributed by atoms with van der Waals surface area (Å²) in [6.45, 7) is 3.17. The Hall–Kier alpha value is -2.64. The second-order valence-electron chi connectivity index (χ2n) is 8.62. The molecule has 1 amide bonds. The van der Waals surface area contributed by atoms with E-state index in [0.29, 0.717) is 56.4 Å². The maximum Gasteiger partial charge on any atom is 0.292 e. The minimum absolute atomic E-state index is 0.0621. The number of carbonyl (C=O) groups is 1. The van der Waals surface area contributed by atoms with Gasteiger partial charge in [-0.15, -0.1) is 0 Å². The van der Waals surface area contributed by atoms with Gasteiger partial charge in [0, 0.05) is 55.3 Å². The molecule has 0 aliphatic carbocycles. The summed E-state index contributed by atoms with van der Waals surface area (Å²) in [6, 6.07) is 14.7. The zero-order valence-electron chi connectivity index (χ0n) is 18.0. The van der Waals surface area contributed by atoms with E-state index in [1.807, 2.05) is 35.2 Å². The molecule has 8 heteroatoms. The number of rotatable bonds is 6. The zero-order valence-corrected chi connectivity index (χ0v) is 18.7. The molecule has 2 saturated heterocycles. The number of piperidine rings is 1. The number of anilines is 1. The van der Waals surface area contributed by atoms with Gasteiger partial charge in [-0.2, -0.15) is 0 Å². The molecule has 0 atom stereocenters. The minimum atomic E-state index is -0.349. The van der Waals surface area contributed by atoms with E-state index in [1.54, 1.807) is 12.1 Å². The van der Waals surface area contributed by atoms with E-state index in [2.05, 4.69) is 5.32 Å². The summed E-state index contributed by atoms with van der Waals surface area (Å²) in [7, 11) is 0. The van der Waals surface area contributed by atoms with Crippen molar-refractivity contribution in [3.05, 3.63) is 69.2 Å². The number of hydrogen-bond donors (Lipinski definition) is 1. The van der Waals surface area contributed by atoms with Crippen LogP contribution in [0, 0.1) is 16.0 Å². The number of nitrogens with one attached hydrogen (secondary N) is 1. The van der Waals surface area contributed by atoms with Crippen LogP contribution in [0.2, 0.25) is 5.02 Å². The second kappa shape index (κ2) is 9.88. The molecule has 0 bridgehead atoms. The van der Waals surface area contributed by atoms with E-state index in [4.69, 9.17) is 16.3 Å². The van der Waals surface area contributed by atoms with Crippen molar-refractivity contribution in [3.8, 4) is 0 Å². The van der Waals surface area contributed by atoms with Crippen LogP contribution in [0.4, 0.5) is 11.4 Å². The third-order valence-corrected chi connectivity index (χ3v) is 7.04. The van der Waals surface area contributed by atoms with Crippen LogP contribution in [0.5, 0.6) is 0 Å². The summed E-state index contributed by atoms with van der Waals surface area (Å²) in [4.78, 5) is 26.0. The number of amides is 1. The maximum absolute atomic E-state index is 13.0. The van der Waals surface area contributed by atoms with Crippen molar-refractivity contribution in [2.24, 2.45) is 5.92 Å². The number of para-hydroxylation sites is 2. The smallest absolute Gasteiger partial charge is 0.292 e. The highest BCUT2D eigenvalue weighted by Crippen LogP contribution is 2.35. The molecule has 0 spiro atoms. The molecule has 2 aromatic rings. The summed E-state index contributed by atoms with van der Waals surface area (Å²) in [5.74, 6) is -0.0248. The molecule has 2 fully saturated rings. The van der Waals surface area contributed by atoms with Crippen LogP contribution in [-0.4, -0.2) is 43.7 Å². The molecule has 0 aromatic heterocycles. The SMILES string of the molecule is O=C(NCC1(c2ccc(Cl)cc2)CCOCC1)C1CCN(c2ccccc2[N+](=O)[O-])CC1. The highest BCUT2D eigenvalue weighted by atomic mass is 35.5. The maximum atomic E-state index is 13.0. The fourth-order valence-corrected chi connectivity index (χ4v) is 4.93. The molecular formula is C24H28ClN3O4. The fraction of sp³-hybridized carbons (Fsp3) is 0.458. The first-order valence-corrected chi connectivity index (χ1v) is 11.5. The third-order valence-electron chi connectivity index (χ3n) is 6.79. The highest BCUT2D eigenvalue weighted by molar-refractivity contribution is 6.30. The molecule has 2 heterocycles. The number of halogens is 1. The van der Waals surface area contributed by atoms with Crippen molar-refractivity contribution in [1.82, 2.24) is 5.32 Å². The van der Waals surface area contributed by atoms with E-state index in [1.165, 1.54) is 11.6 Å². The lowest BCUT2D eigenvalue weighted by Crippen LogP contribution is -2.47. The third kappa shape index (κ3) is 4.89. The number of nitro benzene ring substituents is 1. The molecule has 1 N–H and O–H groups in total. The standard InChI is InChI=1S/C24H28ClN3O4/c25-20-7-5-19(6-8-20)24(11-15-32-16-12-24)17-26-23(29)18-9-13-27(14-10-18)21-3-1-2-4-22(21)28(30)31/h1-8,18H,9-17H2,(H,26,29). The van der Waals surface area contributed by atoms with E-state index in [0.717, 1.165) is 12.8 Å². The molecule has 7 nitrogen and oxygen atoms in total. The molecule has 2 aromatic carbocycles. The van der Waals surface area contributed by atoms with Gasteiger partial charge in [-0.1, -0.05) is 35.9 Å². The molecule has 0 radical (unpaired) electrons. The Labute approximate surface area is 192 Å². The van der Waals surface area contributed by atoms with Crippen LogP contribution < -0.4 is 10.2 Å². The summed E-state index contributed by atoms with van der Waals surface area (Å²) in [6.07, 6.45) is 3.06. The van der Waals surface area contributed by atoms with E-state index in [9.17, 15) is 14.9 Å². The van der Waals surface area contributed by atoms with Crippen LogP contribution >= 0.6 is 11.6 Å². The van der Waals surface area contributed by atoms with Crippen LogP contribution in [0.25, 0.3) is 0 Å². The van der Waals surface area contributed by atoms with Crippen molar-refractivity contribution in [2.75, 3.05) is 37.7 Å². The molecule has 0 unspecified atom stereocenters. The van der Waals surface area contributed by atoms with Crippen LogP contribution in [-0.2, 0) is 14.9 Å². The number of hydrogen-bond acceptors (Lipinski definition) is 5. The Bertz CT molecular complexity index is 952. The Morgan fingerprint density at radius 1 is 1.12 bits per heavy atom. The van der Waals surface area contributed by atoms with Crippen molar-refractivity contribution < 1.29 is 14.5 Å². The van der Waals surface area contributed by atoms with E-state index in [-0.39, 0.29) is 27.9 Å². The van der Waals surface area contributed by atoms with Gasteiger partial charge in [-0.25, -0.2) is 0 Å². The van der Waals surface area contributed by atoms with Crippen molar-refractivity contribution >= 4 is 28.9 Å². The van der Waals surface area contributed by atoms with Crippen LogP contribution in [0.1, 0.15) is 31.2 Å². The number of ether oxygens (including phenoxy) is 1. The van der Waals surface area contributed by atoms with Gasteiger partial charge in [0.05, 0.1) is 4.92 Å². The van der Waals surface area contributed by atoms with Gasteiger partial charge in [0.25, 0.3) is 5.69 Å². The van der Waals surface area contributed by atoms with Crippen molar-refractivity contribution in [2.45, 2.75) is 31.1 Å². The molecule has 2 aliphatic rings. The van der Waals surface area contributed by atoms with Gasteiger partial charge in [0.1, 0.15) is 5.69 Å². The molecule has 32 heavy (non-hydrogen) atoms. The first-order valence-electron chi connectivity index (χ1n) is 11.1. The summed E-state index contributed by atoms with van der Waals surface area (Å²) >= 11 is 6.07. The first kappa shape index (κ1) is 22.6. The Balaban J connectivity index is 1.37. The molecule has 170 valence electrons. The van der Waals surface area contributed by atoms with E-state index >= 15 is 0 Å². The monoisotopic (exact) mass is 457 g/mol. The fourth-order valence-electron chi connectivity index (χ4n) is 4.80. The number of benzene rings is 2. The average molecular weight is 458 g/mol. The quantitative estimate of drug-likeness (QED) is 0.515. The second-order valence-corrected chi connectivity index (χ2v) is 9.06. The van der Waals surface area contributed by atoms with Gasteiger partial charge in [-0.3, -0.25) is 14.9 Å². The lowest BCUT2D eigenvalue weighted by Gasteiger charge is -2.39. The summed E-state index contributed by atoms with van der Waals surface area (Å²) in [5, 5.41) is 15.2. The van der Waals surface area contributed by atoms with Gasteiger partial charge in [0.2, 0.25) is 5.91 Å². The highest BCUT2D eigenvalue weighted by Gasteiger charge is 2.36. The largest absolute Gasteiger partial charge is 0.381 e. The first-order chi connectivity index (χ1) is 15.5. The Morgan fingerprint density at radius 2 is 1.78 bits per heavy atom. The number of carbonyl (C=O) groups excluding carboxylic acids is 1. The lowest BCUT2D eigenvalue weighted by atomic mass is 9.74. The van der Waals surface area contributed by atoms with Gasteiger partial charge < -0.3 is 15.0 Å². The summed E-state index contributed by atoms with van der Waals surface area (Å²) in [5.41, 5.74) is 1.76. The van der Waals surface area contributed by atoms with Gasteiger partial charge >= 0.3 is 0 Å². The van der Waals surface area contributed by atoms with Crippen LogP contribution in [0.15, 0.2) is 48.5 Å². The van der Waals surface area contributed by atoms with Crippen molar-refractivity contribution in [1.29, 1.82) is 0 Å². The predicted molar refractivity (Wildman–Crippen MR) is 124 cm³/mol. The van der Waals surface area contributed by atoms with Crippen molar-refractivity contribution in [3.63, 3.8) is 0 Å². The lowest BCUT2D eigenvalue weighted by molar-refractivity contribution is -0.384. The normalized spacial score (nSPS) is 18.8. The minimum Gasteiger partial charge on any atom is -0.381 e. The predicted octanol–water partition coefficient (Wildman–Crippen LogP) is 4.33. The Kier molecular flexibility index (Phi) is 6.96. The number of nitrogens with zero attached hydrogens (tertiary/aromatic N) is 2.